The minimum atomic E-state index is -0.511. The SMILES string of the molecule is CN(C)c1ccc(NC(=O)c2ccc(Cl)nc2N(C)CCCCCNC(=O)OC(C)(C)C)nn1. The van der Waals surface area contributed by atoms with E-state index < -0.39 is 11.7 Å². The Bertz CT molecular complexity index is 962. The Morgan fingerprint density at radius 2 is 1.76 bits per heavy atom. The third-order valence-corrected chi connectivity index (χ3v) is 4.85. The maximum Gasteiger partial charge on any atom is 0.407 e. The summed E-state index contributed by atoms with van der Waals surface area (Å²) in [6.45, 7) is 6.69. The fourth-order valence-corrected chi connectivity index (χ4v) is 3.11. The van der Waals surface area contributed by atoms with Crippen LogP contribution in [-0.4, -0.2) is 67.0 Å². The molecule has 2 aromatic heterocycles. The van der Waals surface area contributed by atoms with Gasteiger partial charge in [-0.2, -0.15) is 0 Å². The number of anilines is 3. The predicted octanol–water partition coefficient (Wildman–Crippen LogP) is 3.97. The molecule has 2 amide bonds. The molecule has 0 saturated heterocycles. The molecule has 2 N–H and O–H groups in total. The predicted molar refractivity (Wildman–Crippen MR) is 135 cm³/mol. The monoisotopic (exact) mass is 491 g/mol. The van der Waals surface area contributed by atoms with E-state index in [1.165, 1.54) is 0 Å². The minimum absolute atomic E-state index is 0.301. The van der Waals surface area contributed by atoms with Gasteiger partial charge < -0.3 is 25.2 Å². The second-order valence-electron chi connectivity index (χ2n) is 9.04. The highest BCUT2D eigenvalue weighted by Gasteiger charge is 2.18. The molecule has 2 aromatic rings. The first-order valence-electron chi connectivity index (χ1n) is 11.1. The molecule has 34 heavy (non-hydrogen) atoms. The first-order valence-corrected chi connectivity index (χ1v) is 11.5. The summed E-state index contributed by atoms with van der Waals surface area (Å²) in [6.07, 6.45) is 2.13. The lowest BCUT2D eigenvalue weighted by Gasteiger charge is -2.21. The average Bonchev–Trinajstić information content (AvgIpc) is 2.75. The zero-order valence-corrected chi connectivity index (χ0v) is 21.4. The van der Waals surface area contributed by atoms with E-state index in [-0.39, 0.29) is 5.91 Å². The number of aromatic nitrogens is 3. The van der Waals surface area contributed by atoms with E-state index in [0.717, 1.165) is 19.3 Å². The molecule has 0 unspecified atom stereocenters. The van der Waals surface area contributed by atoms with Gasteiger partial charge in [0.1, 0.15) is 16.6 Å². The molecule has 0 aliphatic heterocycles. The number of hydrogen-bond donors (Lipinski definition) is 2. The van der Waals surface area contributed by atoms with E-state index in [1.807, 2.05) is 51.7 Å². The molecule has 0 bridgehead atoms. The number of unbranched alkanes of at least 4 members (excludes halogenated alkanes) is 2. The third-order valence-electron chi connectivity index (χ3n) is 4.64. The van der Waals surface area contributed by atoms with Crippen LogP contribution in [0.4, 0.5) is 22.2 Å². The summed E-state index contributed by atoms with van der Waals surface area (Å²) in [4.78, 5) is 32.7. The molecule has 2 rings (SSSR count). The molecule has 0 aliphatic carbocycles. The van der Waals surface area contributed by atoms with Crippen molar-refractivity contribution >= 4 is 41.1 Å². The Labute approximate surface area is 206 Å². The van der Waals surface area contributed by atoms with Crippen molar-refractivity contribution in [2.75, 3.05) is 49.3 Å². The van der Waals surface area contributed by atoms with Gasteiger partial charge >= 0.3 is 6.09 Å². The zero-order valence-electron chi connectivity index (χ0n) is 20.7. The van der Waals surface area contributed by atoms with Gasteiger partial charge in [0.05, 0.1) is 5.56 Å². The number of amides is 2. The lowest BCUT2D eigenvalue weighted by Crippen LogP contribution is -2.33. The van der Waals surface area contributed by atoms with E-state index in [0.29, 0.717) is 41.3 Å². The highest BCUT2D eigenvalue weighted by molar-refractivity contribution is 6.29. The van der Waals surface area contributed by atoms with Crippen LogP contribution in [0.1, 0.15) is 50.4 Å². The van der Waals surface area contributed by atoms with E-state index in [9.17, 15) is 9.59 Å². The number of nitrogens with one attached hydrogen (secondary N) is 2. The minimum Gasteiger partial charge on any atom is -0.444 e. The maximum absolute atomic E-state index is 12.9. The Morgan fingerprint density at radius 1 is 1.03 bits per heavy atom. The van der Waals surface area contributed by atoms with E-state index >= 15 is 0 Å². The highest BCUT2D eigenvalue weighted by Crippen LogP contribution is 2.22. The molecule has 0 saturated carbocycles. The fourth-order valence-electron chi connectivity index (χ4n) is 2.97. The molecule has 0 spiro atoms. The normalized spacial score (nSPS) is 11.0. The van der Waals surface area contributed by atoms with Gasteiger partial charge in [-0.05, 0) is 64.3 Å². The van der Waals surface area contributed by atoms with E-state index in [1.54, 1.807) is 24.3 Å². The largest absolute Gasteiger partial charge is 0.444 e. The van der Waals surface area contributed by atoms with Crippen LogP contribution in [0.3, 0.4) is 0 Å². The fraction of sp³-hybridized carbons (Fsp3) is 0.522. The number of alkyl carbamates (subject to hydrolysis) is 1. The van der Waals surface area contributed by atoms with Crippen molar-refractivity contribution in [3.8, 4) is 0 Å². The van der Waals surface area contributed by atoms with Gasteiger partial charge in [0.15, 0.2) is 11.6 Å². The number of pyridine rings is 1. The van der Waals surface area contributed by atoms with Gasteiger partial charge in [-0.15, -0.1) is 10.2 Å². The number of rotatable bonds is 10. The zero-order chi connectivity index (χ0) is 25.3. The Balaban J connectivity index is 1.89. The quantitative estimate of drug-likeness (QED) is 0.379. The van der Waals surface area contributed by atoms with Crippen LogP contribution < -0.4 is 20.4 Å². The summed E-state index contributed by atoms with van der Waals surface area (Å²) in [7, 11) is 5.59. The summed E-state index contributed by atoms with van der Waals surface area (Å²) in [5, 5.41) is 13.9. The maximum atomic E-state index is 12.9. The summed E-state index contributed by atoms with van der Waals surface area (Å²) in [5.74, 6) is 1.17. The molecular formula is C23H34ClN7O3. The number of ether oxygens (including phenoxy) is 1. The molecule has 0 aromatic carbocycles. The van der Waals surface area contributed by atoms with Gasteiger partial charge in [-0.3, -0.25) is 4.79 Å². The lowest BCUT2D eigenvalue weighted by molar-refractivity contribution is 0.0527. The Kier molecular flexibility index (Phi) is 9.85. The summed E-state index contributed by atoms with van der Waals surface area (Å²) >= 11 is 6.10. The average molecular weight is 492 g/mol. The van der Waals surface area contributed by atoms with Crippen molar-refractivity contribution in [3.05, 3.63) is 35.0 Å². The van der Waals surface area contributed by atoms with Gasteiger partial charge in [0.2, 0.25) is 0 Å². The summed E-state index contributed by atoms with van der Waals surface area (Å²) in [6, 6.07) is 6.69. The van der Waals surface area contributed by atoms with Crippen molar-refractivity contribution in [2.24, 2.45) is 0 Å². The number of hydrogen-bond acceptors (Lipinski definition) is 8. The Hall–Kier alpha value is -3.14. The molecular weight excluding hydrogens is 458 g/mol. The smallest absolute Gasteiger partial charge is 0.407 e. The van der Waals surface area contributed by atoms with Gasteiger partial charge in [-0.25, -0.2) is 9.78 Å². The molecule has 0 radical (unpaired) electrons. The van der Waals surface area contributed by atoms with Gasteiger partial charge in [0, 0.05) is 34.2 Å². The molecule has 10 nitrogen and oxygen atoms in total. The van der Waals surface area contributed by atoms with E-state index in [2.05, 4.69) is 25.8 Å². The first kappa shape index (κ1) is 27.1. The summed E-state index contributed by atoms with van der Waals surface area (Å²) in [5.41, 5.74) is -0.125. The van der Waals surface area contributed by atoms with Crippen molar-refractivity contribution in [1.29, 1.82) is 0 Å². The lowest BCUT2D eigenvalue weighted by atomic mass is 10.2. The number of nitrogens with zero attached hydrogens (tertiary/aromatic N) is 5. The van der Waals surface area contributed by atoms with Crippen LogP contribution in [-0.2, 0) is 4.74 Å². The van der Waals surface area contributed by atoms with Crippen LogP contribution in [0, 0.1) is 0 Å². The van der Waals surface area contributed by atoms with Crippen molar-refractivity contribution < 1.29 is 14.3 Å². The van der Waals surface area contributed by atoms with Crippen LogP contribution >= 0.6 is 11.6 Å². The van der Waals surface area contributed by atoms with Crippen LogP contribution in [0.2, 0.25) is 5.15 Å². The van der Waals surface area contributed by atoms with Crippen LogP contribution in [0.25, 0.3) is 0 Å². The van der Waals surface area contributed by atoms with Crippen molar-refractivity contribution in [3.63, 3.8) is 0 Å². The highest BCUT2D eigenvalue weighted by atomic mass is 35.5. The second-order valence-corrected chi connectivity index (χ2v) is 9.43. The molecule has 2 heterocycles. The number of carbonyl (C=O) groups is 2. The van der Waals surface area contributed by atoms with Gasteiger partial charge in [0.25, 0.3) is 5.91 Å². The second kappa shape index (κ2) is 12.4. The van der Waals surface area contributed by atoms with Gasteiger partial charge in [-0.1, -0.05) is 11.6 Å². The Morgan fingerprint density at radius 3 is 2.38 bits per heavy atom. The van der Waals surface area contributed by atoms with Crippen LogP contribution in [0.5, 0.6) is 0 Å². The first-order chi connectivity index (χ1) is 16.0. The summed E-state index contributed by atoms with van der Waals surface area (Å²) < 4.78 is 5.22. The third kappa shape index (κ3) is 9.01. The molecule has 0 aliphatic rings. The topological polar surface area (TPSA) is 113 Å². The molecule has 186 valence electrons. The molecule has 0 atom stereocenters. The van der Waals surface area contributed by atoms with Crippen molar-refractivity contribution in [2.45, 2.75) is 45.6 Å². The standard InChI is InChI=1S/C23H34ClN7O3/c1-23(2,3)34-22(33)25-14-8-7-9-15-31(6)20-16(10-11-17(24)26-20)21(32)27-18-12-13-19(29-28-18)30(4)5/h10-13H,7-9,14-15H2,1-6H3,(H,25,33)(H,27,28,32). The molecule has 0 fully saturated rings. The number of halogens is 1. The number of carbonyl (C=O) groups excluding carboxylic acids is 2. The van der Waals surface area contributed by atoms with E-state index in [4.69, 9.17) is 16.3 Å². The molecule has 11 heteroatoms. The van der Waals surface area contributed by atoms with Crippen LogP contribution in [0.15, 0.2) is 24.3 Å². The van der Waals surface area contributed by atoms with Crippen molar-refractivity contribution in [1.82, 2.24) is 20.5 Å².